The predicted molar refractivity (Wildman–Crippen MR) is 106 cm³/mol. The average Bonchev–Trinajstić information content (AvgIpc) is 2.58. The van der Waals surface area contributed by atoms with Gasteiger partial charge in [-0.1, -0.05) is 61.2 Å². The number of hydrogen-bond acceptors (Lipinski definition) is 1. The largest absolute Gasteiger partial charge is 0.299 e. The van der Waals surface area contributed by atoms with Crippen LogP contribution in [0.15, 0.2) is 61.2 Å². The van der Waals surface area contributed by atoms with Crippen molar-refractivity contribution in [2.45, 2.75) is 52.6 Å². The summed E-state index contributed by atoms with van der Waals surface area (Å²) in [6.45, 7) is 14.6. The van der Waals surface area contributed by atoms with E-state index < -0.39 is 0 Å². The number of nitrogens with zero attached hydrogens (tertiary/aromatic N) is 1. The van der Waals surface area contributed by atoms with Crippen molar-refractivity contribution in [1.29, 1.82) is 0 Å². The lowest BCUT2D eigenvalue weighted by Crippen LogP contribution is -2.37. The molecular weight excluding hydrogens is 290 g/mol. The van der Waals surface area contributed by atoms with Crippen LogP contribution in [-0.4, -0.2) is 23.5 Å². The highest BCUT2D eigenvalue weighted by Gasteiger charge is 2.12. The molecule has 0 spiro atoms. The van der Waals surface area contributed by atoms with Gasteiger partial charge in [0.2, 0.25) is 0 Å². The summed E-state index contributed by atoms with van der Waals surface area (Å²) in [5.41, 5.74) is 4.92. The molecule has 0 radical (unpaired) electrons. The quantitative estimate of drug-likeness (QED) is 0.594. The van der Waals surface area contributed by atoms with Gasteiger partial charge < -0.3 is 0 Å². The number of benzene rings is 2. The Morgan fingerprint density at radius 1 is 0.875 bits per heavy atom. The van der Waals surface area contributed by atoms with Crippen LogP contribution in [0, 0.1) is 0 Å². The van der Waals surface area contributed by atoms with Crippen LogP contribution in [0.4, 0.5) is 0 Å². The molecule has 128 valence electrons. The molecular formula is C23H31N. The molecule has 2 rings (SSSR count). The lowest BCUT2D eigenvalue weighted by atomic mass is 9.97. The van der Waals surface area contributed by atoms with E-state index in [-0.39, 0.29) is 0 Å². The van der Waals surface area contributed by atoms with Crippen molar-refractivity contribution >= 4 is 5.57 Å². The Bertz CT molecular complexity index is 632. The Labute approximate surface area is 148 Å². The molecule has 0 aromatic heterocycles. The van der Waals surface area contributed by atoms with E-state index in [1.165, 1.54) is 23.1 Å². The van der Waals surface area contributed by atoms with Crippen LogP contribution in [-0.2, 0) is 6.42 Å². The molecule has 0 saturated heterocycles. The molecule has 0 atom stereocenters. The fourth-order valence-corrected chi connectivity index (χ4v) is 3.30. The third kappa shape index (κ3) is 5.07. The van der Waals surface area contributed by atoms with Gasteiger partial charge in [0.15, 0.2) is 0 Å². The molecule has 2 aromatic rings. The van der Waals surface area contributed by atoms with E-state index in [0.29, 0.717) is 12.1 Å². The third-order valence-corrected chi connectivity index (χ3v) is 4.61. The molecule has 0 aliphatic rings. The van der Waals surface area contributed by atoms with Crippen molar-refractivity contribution in [2.75, 3.05) is 6.54 Å². The summed E-state index contributed by atoms with van der Waals surface area (Å²) in [5.74, 6) is 0. The van der Waals surface area contributed by atoms with Crippen LogP contribution in [0.2, 0.25) is 0 Å². The molecule has 0 N–H and O–H groups in total. The van der Waals surface area contributed by atoms with Crippen LogP contribution in [0.3, 0.4) is 0 Å². The van der Waals surface area contributed by atoms with E-state index in [4.69, 9.17) is 0 Å². The summed E-state index contributed by atoms with van der Waals surface area (Å²) < 4.78 is 0. The molecule has 24 heavy (non-hydrogen) atoms. The minimum Gasteiger partial charge on any atom is -0.299 e. The van der Waals surface area contributed by atoms with Gasteiger partial charge in [0, 0.05) is 12.1 Å². The van der Waals surface area contributed by atoms with Crippen molar-refractivity contribution in [3.05, 3.63) is 77.9 Å². The first-order chi connectivity index (χ1) is 11.5. The van der Waals surface area contributed by atoms with Crippen molar-refractivity contribution in [3.8, 4) is 0 Å². The van der Waals surface area contributed by atoms with Crippen LogP contribution >= 0.6 is 0 Å². The molecule has 1 heteroatoms. The minimum absolute atomic E-state index is 0.606. The smallest absolute Gasteiger partial charge is 0.00412 e. The zero-order chi connectivity index (χ0) is 17.5. The Balaban J connectivity index is 1.99. The molecule has 0 saturated carbocycles. The first-order valence-electron chi connectivity index (χ1n) is 9.08. The molecule has 1 nitrogen and oxygen atoms in total. The summed E-state index contributed by atoms with van der Waals surface area (Å²) >= 11 is 0. The second kappa shape index (κ2) is 8.84. The topological polar surface area (TPSA) is 3.24 Å². The van der Waals surface area contributed by atoms with Crippen LogP contribution < -0.4 is 0 Å². The third-order valence-electron chi connectivity index (χ3n) is 4.61. The first kappa shape index (κ1) is 18.5. The SMILES string of the molecule is C=C(c1ccccc1)c1cccc(CCCN(C(C)C)C(C)C)c1. The van der Waals surface area contributed by atoms with Crippen molar-refractivity contribution in [2.24, 2.45) is 0 Å². The summed E-state index contributed by atoms with van der Waals surface area (Å²) in [7, 11) is 0. The maximum atomic E-state index is 4.28. The van der Waals surface area contributed by atoms with E-state index in [9.17, 15) is 0 Å². The van der Waals surface area contributed by atoms with Gasteiger partial charge >= 0.3 is 0 Å². The zero-order valence-electron chi connectivity index (χ0n) is 15.6. The Kier molecular flexibility index (Phi) is 6.81. The molecule has 0 heterocycles. The first-order valence-corrected chi connectivity index (χ1v) is 9.08. The minimum atomic E-state index is 0.606. The fourth-order valence-electron chi connectivity index (χ4n) is 3.30. The Morgan fingerprint density at radius 3 is 2.12 bits per heavy atom. The number of rotatable bonds is 8. The average molecular weight is 322 g/mol. The van der Waals surface area contributed by atoms with Gasteiger partial charge in [0.25, 0.3) is 0 Å². The van der Waals surface area contributed by atoms with Gasteiger partial charge in [0.1, 0.15) is 0 Å². The summed E-state index contributed by atoms with van der Waals surface area (Å²) in [4.78, 5) is 2.56. The maximum Gasteiger partial charge on any atom is 0.00412 e. The van der Waals surface area contributed by atoms with Crippen molar-refractivity contribution in [1.82, 2.24) is 4.90 Å². The lowest BCUT2D eigenvalue weighted by molar-refractivity contribution is 0.173. The van der Waals surface area contributed by atoms with E-state index in [2.05, 4.69) is 87.7 Å². The highest BCUT2D eigenvalue weighted by Crippen LogP contribution is 2.22. The van der Waals surface area contributed by atoms with Crippen molar-refractivity contribution < 1.29 is 0 Å². The Hall–Kier alpha value is -1.86. The van der Waals surface area contributed by atoms with Crippen LogP contribution in [0.5, 0.6) is 0 Å². The summed E-state index contributed by atoms with van der Waals surface area (Å²) in [6.07, 6.45) is 2.31. The molecule has 0 bridgehead atoms. The van der Waals surface area contributed by atoms with Gasteiger partial charge in [0.05, 0.1) is 0 Å². The highest BCUT2D eigenvalue weighted by molar-refractivity contribution is 5.78. The highest BCUT2D eigenvalue weighted by atomic mass is 15.2. The normalized spacial score (nSPS) is 11.5. The van der Waals surface area contributed by atoms with Gasteiger partial charge in [-0.3, -0.25) is 4.90 Å². The second-order valence-corrected chi connectivity index (χ2v) is 7.07. The van der Waals surface area contributed by atoms with Crippen LogP contribution in [0.25, 0.3) is 5.57 Å². The van der Waals surface area contributed by atoms with Gasteiger partial charge in [-0.05, 0) is 69.3 Å². The molecule has 0 unspecified atom stereocenters. The van der Waals surface area contributed by atoms with E-state index in [0.717, 1.165) is 18.5 Å². The molecule has 2 aromatic carbocycles. The monoisotopic (exact) mass is 321 g/mol. The lowest BCUT2D eigenvalue weighted by Gasteiger charge is -2.30. The van der Waals surface area contributed by atoms with E-state index in [1.54, 1.807) is 0 Å². The summed E-state index contributed by atoms with van der Waals surface area (Å²) in [5, 5.41) is 0. The van der Waals surface area contributed by atoms with Gasteiger partial charge in [-0.25, -0.2) is 0 Å². The standard InChI is InChI=1S/C23H31N/c1-18(2)24(19(3)4)16-10-12-21-11-9-15-23(17-21)20(5)22-13-7-6-8-14-22/h6-9,11,13-15,17-19H,5,10,12,16H2,1-4H3. The van der Waals surface area contributed by atoms with E-state index >= 15 is 0 Å². The second-order valence-electron chi connectivity index (χ2n) is 7.07. The van der Waals surface area contributed by atoms with E-state index in [1.807, 2.05) is 6.07 Å². The summed E-state index contributed by atoms with van der Waals surface area (Å²) in [6, 6.07) is 20.5. The van der Waals surface area contributed by atoms with Crippen molar-refractivity contribution in [3.63, 3.8) is 0 Å². The molecule has 0 amide bonds. The Morgan fingerprint density at radius 2 is 1.50 bits per heavy atom. The fraction of sp³-hybridized carbons (Fsp3) is 0.391. The number of aryl methyl sites for hydroxylation is 1. The molecule has 0 aliphatic carbocycles. The van der Waals surface area contributed by atoms with Gasteiger partial charge in [-0.2, -0.15) is 0 Å². The van der Waals surface area contributed by atoms with Crippen LogP contribution in [0.1, 0.15) is 50.8 Å². The predicted octanol–water partition coefficient (Wildman–Crippen LogP) is 5.80. The maximum absolute atomic E-state index is 4.28. The number of hydrogen-bond donors (Lipinski definition) is 0. The zero-order valence-corrected chi connectivity index (χ0v) is 15.6. The molecule has 0 aliphatic heterocycles. The van der Waals surface area contributed by atoms with Gasteiger partial charge in [-0.15, -0.1) is 0 Å². The molecule has 0 fully saturated rings.